The van der Waals surface area contributed by atoms with Crippen LogP contribution in [0.1, 0.15) is 33.1 Å². The van der Waals surface area contributed by atoms with Crippen LogP contribution in [-0.4, -0.2) is 42.4 Å². The topological polar surface area (TPSA) is 12.5 Å². The Bertz CT molecular complexity index is 206. The molecule has 2 saturated heterocycles. The highest BCUT2D eigenvalue weighted by Crippen LogP contribution is 2.32. The molecule has 2 rings (SSSR count). The SMILES string of the molecule is C[C@H]1[C@H](P)[C@H](C)O[C@@H]1CN1CCCCC1. The van der Waals surface area contributed by atoms with Gasteiger partial charge in [-0.25, -0.2) is 0 Å². The van der Waals surface area contributed by atoms with Crippen molar-refractivity contribution >= 4 is 9.24 Å². The van der Waals surface area contributed by atoms with E-state index in [2.05, 4.69) is 28.0 Å². The van der Waals surface area contributed by atoms with E-state index < -0.39 is 0 Å². The maximum absolute atomic E-state index is 6.03. The van der Waals surface area contributed by atoms with Gasteiger partial charge in [0, 0.05) is 12.2 Å². The van der Waals surface area contributed by atoms with Gasteiger partial charge in [-0.1, -0.05) is 13.3 Å². The lowest BCUT2D eigenvalue weighted by Crippen LogP contribution is -2.38. The van der Waals surface area contributed by atoms with Crippen LogP contribution in [0.4, 0.5) is 0 Å². The molecule has 0 aliphatic carbocycles. The van der Waals surface area contributed by atoms with Crippen LogP contribution in [0.25, 0.3) is 0 Å². The first-order valence-electron chi connectivity index (χ1n) is 6.32. The second kappa shape index (κ2) is 5.12. The zero-order valence-corrected chi connectivity index (χ0v) is 11.1. The van der Waals surface area contributed by atoms with E-state index in [9.17, 15) is 0 Å². The normalized spacial score (nSPS) is 43.4. The maximum atomic E-state index is 6.03. The highest BCUT2D eigenvalue weighted by Gasteiger charge is 2.37. The predicted octanol–water partition coefficient (Wildman–Crippen LogP) is 2.14. The lowest BCUT2D eigenvalue weighted by atomic mass is 10.00. The molecule has 0 radical (unpaired) electrons. The van der Waals surface area contributed by atoms with Gasteiger partial charge in [-0.05, 0) is 38.8 Å². The summed E-state index contributed by atoms with van der Waals surface area (Å²) in [6.07, 6.45) is 5.04. The summed E-state index contributed by atoms with van der Waals surface area (Å²) in [5, 5.41) is 0. The van der Waals surface area contributed by atoms with Gasteiger partial charge in [0.15, 0.2) is 0 Å². The van der Waals surface area contributed by atoms with Crippen molar-refractivity contribution in [2.45, 2.75) is 51.0 Å². The van der Waals surface area contributed by atoms with Crippen LogP contribution in [0.15, 0.2) is 0 Å². The summed E-state index contributed by atoms with van der Waals surface area (Å²) in [6, 6.07) is 0. The summed E-state index contributed by atoms with van der Waals surface area (Å²) in [6.45, 7) is 8.24. The molecule has 2 heterocycles. The maximum Gasteiger partial charge on any atom is 0.0738 e. The first kappa shape index (κ1) is 11.8. The third kappa shape index (κ3) is 2.72. The van der Waals surface area contributed by atoms with Crippen molar-refractivity contribution in [3.8, 4) is 0 Å². The molecule has 5 atom stereocenters. The Morgan fingerprint density at radius 1 is 1.20 bits per heavy atom. The zero-order valence-electron chi connectivity index (χ0n) is 9.98. The Labute approximate surface area is 95.9 Å². The van der Waals surface area contributed by atoms with Crippen molar-refractivity contribution in [1.29, 1.82) is 0 Å². The van der Waals surface area contributed by atoms with Gasteiger partial charge in [0.25, 0.3) is 0 Å². The molecular formula is C12H24NOP. The summed E-state index contributed by atoms with van der Waals surface area (Å²) in [5.74, 6) is 0.687. The van der Waals surface area contributed by atoms with Gasteiger partial charge in [0.2, 0.25) is 0 Å². The Balaban J connectivity index is 1.83. The number of hydrogen-bond acceptors (Lipinski definition) is 2. The summed E-state index contributed by atoms with van der Waals surface area (Å²) < 4.78 is 6.03. The van der Waals surface area contributed by atoms with Gasteiger partial charge in [0.1, 0.15) is 0 Å². The Morgan fingerprint density at radius 3 is 2.40 bits per heavy atom. The predicted molar refractivity (Wildman–Crippen MR) is 67.3 cm³/mol. The van der Waals surface area contributed by atoms with Gasteiger partial charge < -0.3 is 9.64 Å². The van der Waals surface area contributed by atoms with Crippen LogP contribution >= 0.6 is 9.24 Å². The summed E-state index contributed by atoms with van der Waals surface area (Å²) in [4.78, 5) is 2.58. The number of piperidine rings is 1. The van der Waals surface area contributed by atoms with Gasteiger partial charge >= 0.3 is 0 Å². The van der Waals surface area contributed by atoms with Gasteiger partial charge in [-0.3, -0.25) is 0 Å². The molecule has 0 aromatic carbocycles. The molecule has 0 amide bonds. The van der Waals surface area contributed by atoms with E-state index in [-0.39, 0.29) is 0 Å². The molecule has 88 valence electrons. The molecule has 0 aromatic heterocycles. The third-order valence-electron chi connectivity index (χ3n) is 4.01. The average Bonchev–Trinajstić information content (AvgIpc) is 2.48. The fraction of sp³-hybridized carbons (Fsp3) is 1.00. The summed E-state index contributed by atoms with van der Waals surface area (Å²) in [5.41, 5.74) is 0.639. The molecule has 2 aliphatic heterocycles. The molecule has 2 fully saturated rings. The molecule has 2 nitrogen and oxygen atoms in total. The van der Waals surface area contributed by atoms with E-state index in [1.54, 1.807) is 0 Å². The Hall–Kier alpha value is 0.350. The molecule has 0 spiro atoms. The number of ether oxygens (including phenoxy) is 1. The van der Waals surface area contributed by atoms with Crippen LogP contribution in [0, 0.1) is 5.92 Å². The molecule has 2 aliphatic rings. The molecule has 15 heavy (non-hydrogen) atoms. The molecule has 0 N–H and O–H groups in total. The lowest BCUT2D eigenvalue weighted by molar-refractivity contribution is 0.0175. The van der Waals surface area contributed by atoms with Crippen molar-refractivity contribution in [3.63, 3.8) is 0 Å². The minimum absolute atomic E-state index is 0.416. The standard InChI is InChI=1S/C12H24NOP/c1-9-11(14-10(2)12(9)15)8-13-6-4-3-5-7-13/h9-12H,3-8,15H2,1-2H3/t9-,10+,11-,12+/m1/s1. The number of hydrogen-bond donors (Lipinski definition) is 0. The Morgan fingerprint density at radius 2 is 1.87 bits per heavy atom. The number of rotatable bonds is 2. The fourth-order valence-electron chi connectivity index (χ4n) is 2.77. The smallest absolute Gasteiger partial charge is 0.0738 e. The zero-order chi connectivity index (χ0) is 10.8. The number of likely N-dealkylation sites (tertiary alicyclic amines) is 1. The van der Waals surface area contributed by atoms with Crippen LogP contribution in [0.2, 0.25) is 0 Å². The van der Waals surface area contributed by atoms with Gasteiger partial charge in [0.05, 0.1) is 12.2 Å². The van der Waals surface area contributed by atoms with Crippen molar-refractivity contribution in [3.05, 3.63) is 0 Å². The van der Waals surface area contributed by atoms with Crippen LogP contribution < -0.4 is 0 Å². The molecule has 0 bridgehead atoms. The molecule has 1 unspecified atom stereocenters. The van der Waals surface area contributed by atoms with E-state index in [1.807, 2.05) is 0 Å². The van der Waals surface area contributed by atoms with E-state index in [1.165, 1.54) is 32.4 Å². The van der Waals surface area contributed by atoms with Crippen LogP contribution in [-0.2, 0) is 4.74 Å². The van der Waals surface area contributed by atoms with E-state index in [4.69, 9.17) is 4.74 Å². The minimum Gasteiger partial charge on any atom is -0.373 e. The largest absolute Gasteiger partial charge is 0.373 e. The van der Waals surface area contributed by atoms with Crippen molar-refractivity contribution in [1.82, 2.24) is 4.90 Å². The van der Waals surface area contributed by atoms with Gasteiger partial charge in [-0.2, -0.15) is 0 Å². The average molecular weight is 229 g/mol. The Kier molecular flexibility index (Phi) is 4.04. The van der Waals surface area contributed by atoms with Crippen molar-refractivity contribution in [2.24, 2.45) is 5.92 Å². The monoisotopic (exact) mass is 229 g/mol. The quantitative estimate of drug-likeness (QED) is 0.673. The van der Waals surface area contributed by atoms with Crippen LogP contribution in [0.3, 0.4) is 0 Å². The minimum atomic E-state index is 0.416. The van der Waals surface area contributed by atoms with Crippen molar-refractivity contribution in [2.75, 3.05) is 19.6 Å². The molecular weight excluding hydrogens is 205 g/mol. The van der Waals surface area contributed by atoms with Gasteiger partial charge in [-0.15, -0.1) is 9.24 Å². The molecule has 0 saturated carbocycles. The first-order chi connectivity index (χ1) is 7.18. The van der Waals surface area contributed by atoms with E-state index >= 15 is 0 Å². The second-order valence-electron chi connectivity index (χ2n) is 5.18. The van der Waals surface area contributed by atoms with Crippen LogP contribution in [0.5, 0.6) is 0 Å². The first-order valence-corrected chi connectivity index (χ1v) is 6.98. The third-order valence-corrected chi connectivity index (χ3v) is 5.16. The molecule has 0 aromatic rings. The molecule has 3 heteroatoms. The summed E-state index contributed by atoms with van der Waals surface area (Å²) in [7, 11) is 2.95. The highest BCUT2D eigenvalue weighted by atomic mass is 31.0. The summed E-state index contributed by atoms with van der Waals surface area (Å²) >= 11 is 0. The van der Waals surface area contributed by atoms with E-state index in [0.717, 1.165) is 6.54 Å². The lowest BCUT2D eigenvalue weighted by Gasteiger charge is -2.30. The van der Waals surface area contributed by atoms with E-state index in [0.29, 0.717) is 23.8 Å². The second-order valence-corrected chi connectivity index (χ2v) is 5.95. The number of nitrogens with zero attached hydrogens (tertiary/aromatic N) is 1. The van der Waals surface area contributed by atoms with Crippen molar-refractivity contribution < 1.29 is 4.74 Å². The fourth-order valence-corrected chi connectivity index (χ4v) is 3.11. The highest BCUT2D eigenvalue weighted by molar-refractivity contribution is 7.17.